The van der Waals surface area contributed by atoms with E-state index in [4.69, 9.17) is 14.0 Å². The van der Waals surface area contributed by atoms with Crippen molar-refractivity contribution in [3.05, 3.63) is 18.0 Å². The summed E-state index contributed by atoms with van der Waals surface area (Å²) in [5.74, 6) is 0.668. The number of hydrogen-bond acceptors (Lipinski definition) is 5. The third kappa shape index (κ3) is 2.64. The molecule has 110 valence electrons. The molecule has 5 nitrogen and oxygen atoms in total. The van der Waals surface area contributed by atoms with Crippen molar-refractivity contribution in [2.75, 3.05) is 0 Å². The summed E-state index contributed by atoms with van der Waals surface area (Å²) in [6.45, 7) is 7.93. The highest BCUT2D eigenvalue weighted by Gasteiger charge is 2.52. The first-order valence-corrected chi connectivity index (χ1v) is 7.25. The summed E-state index contributed by atoms with van der Waals surface area (Å²) in [6.07, 6.45) is 4.02. The van der Waals surface area contributed by atoms with Gasteiger partial charge in [-0.15, -0.1) is 0 Å². The fourth-order valence-electron chi connectivity index (χ4n) is 2.15. The molecule has 2 heterocycles. The van der Waals surface area contributed by atoms with Crippen LogP contribution in [0, 0.1) is 11.3 Å². The molecule has 0 amide bonds. The molecule has 1 aromatic heterocycles. The quantitative estimate of drug-likeness (QED) is 0.793. The molecule has 1 aliphatic heterocycles. The molecule has 1 saturated heterocycles. The molecular weight excluding hydrogens is 267 g/mol. The van der Waals surface area contributed by atoms with Gasteiger partial charge in [0.1, 0.15) is 17.5 Å². The lowest BCUT2D eigenvalue weighted by Crippen LogP contribution is -2.41. The second-order valence-corrected chi connectivity index (χ2v) is 6.63. The van der Waals surface area contributed by atoms with Crippen LogP contribution in [-0.4, -0.2) is 29.4 Å². The van der Waals surface area contributed by atoms with Crippen LogP contribution in [-0.2, 0) is 9.31 Å². The Morgan fingerprint density at radius 3 is 2.43 bits per heavy atom. The highest BCUT2D eigenvalue weighted by atomic mass is 16.7. The molecule has 0 unspecified atom stereocenters. The van der Waals surface area contributed by atoms with E-state index in [-0.39, 0.29) is 6.10 Å². The Hall–Kier alpha value is -1.58. The van der Waals surface area contributed by atoms with Gasteiger partial charge in [-0.3, -0.25) is 0 Å². The van der Waals surface area contributed by atoms with Gasteiger partial charge in [-0.05, 0) is 46.6 Å². The highest BCUT2D eigenvalue weighted by Crippen LogP contribution is 2.37. The van der Waals surface area contributed by atoms with Gasteiger partial charge >= 0.3 is 7.12 Å². The summed E-state index contributed by atoms with van der Waals surface area (Å²) in [7, 11) is -0.597. The highest BCUT2D eigenvalue weighted by molar-refractivity contribution is 6.62. The van der Waals surface area contributed by atoms with Gasteiger partial charge in [0.2, 0.25) is 0 Å². The van der Waals surface area contributed by atoms with Crippen LogP contribution in [0.4, 0.5) is 0 Å². The van der Waals surface area contributed by atoms with Crippen LogP contribution in [0.5, 0.6) is 5.75 Å². The Morgan fingerprint density at radius 2 is 1.90 bits per heavy atom. The Labute approximate surface area is 125 Å². The molecule has 0 bridgehead atoms. The van der Waals surface area contributed by atoms with E-state index in [2.05, 4.69) is 11.1 Å². The van der Waals surface area contributed by atoms with Crippen molar-refractivity contribution < 1.29 is 14.0 Å². The van der Waals surface area contributed by atoms with Crippen LogP contribution < -0.4 is 10.2 Å². The SMILES string of the molecule is CC1(C)OB(c2cc(OC3CC3)cnc2C#N)OC1(C)C. The van der Waals surface area contributed by atoms with Crippen LogP contribution in [0.25, 0.3) is 0 Å². The summed E-state index contributed by atoms with van der Waals surface area (Å²) in [5.41, 5.74) is 0.0566. The third-order valence-electron chi connectivity index (χ3n) is 4.33. The number of pyridine rings is 1. The van der Waals surface area contributed by atoms with Gasteiger partial charge in [0, 0.05) is 5.46 Å². The summed E-state index contributed by atoms with van der Waals surface area (Å²) >= 11 is 0. The summed E-state index contributed by atoms with van der Waals surface area (Å²) in [6, 6.07) is 3.91. The van der Waals surface area contributed by atoms with Gasteiger partial charge in [-0.2, -0.15) is 5.26 Å². The fourth-order valence-corrected chi connectivity index (χ4v) is 2.15. The Morgan fingerprint density at radius 1 is 1.29 bits per heavy atom. The second kappa shape index (κ2) is 4.72. The van der Waals surface area contributed by atoms with Gasteiger partial charge in [-0.1, -0.05) is 0 Å². The first kappa shape index (κ1) is 14.4. The van der Waals surface area contributed by atoms with Gasteiger partial charge in [0.25, 0.3) is 0 Å². The van der Waals surface area contributed by atoms with Crippen molar-refractivity contribution in [1.29, 1.82) is 5.26 Å². The summed E-state index contributed by atoms with van der Waals surface area (Å²) in [4.78, 5) is 4.17. The predicted molar refractivity (Wildman–Crippen MR) is 78.3 cm³/mol. The number of nitriles is 1. The molecule has 0 atom stereocenters. The van der Waals surface area contributed by atoms with E-state index in [1.807, 2.05) is 33.8 Å². The smallest absolute Gasteiger partial charge is 0.489 e. The molecule has 2 fully saturated rings. The number of nitrogens with zero attached hydrogens (tertiary/aromatic N) is 2. The lowest BCUT2D eigenvalue weighted by Gasteiger charge is -2.32. The molecule has 0 N–H and O–H groups in total. The van der Waals surface area contributed by atoms with E-state index in [0.717, 1.165) is 12.8 Å². The first-order valence-electron chi connectivity index (χ1n) is 7.25. The number of aromatic nitrogens is 1. The molecule has 2 aliphatic rings. The molecule has 21 heavy (non-hydrogen) atoms. The van der Waals surface area contributed by atoms with Crippen LogP contribution in [0.2, 0.25) is 0 Å². The zero-order chi connectivity index (χ0) is 15.3. The standard InChI is InChI=1S/C15H19BN2O3/c1-14(2)15(3,4)21-16(20-14)12-7-11(19-10-5-6-10)9-18-13(12)8-17/h7,9-10H,5-6H2,1-4H3. The molecule has 6 heteroatoms. The van der Waals surface area contributed by atoms with Crippen molar-refractivity contribution in [3.8, 4) is 11.8 Å². The first-order chi connectivity index (χ1) is 9.82. The van der Waals surface area contributed by atoms with Crippen LogP contribution in [0.1, 0.15) is 46.2 Å². The summed E-state index contributed by atoms with van der Waals surface area (Å²) < 4.78 is 17.7. The number of rotatable bonds is 3. The van der Waals surface area contributed by atoms with Gasteiger partial charge in [0.15, 0.2) is 0 Å². The van der Waals surface area contributed by atoms with E-state index >= 15 is 0 Å². The lowest BCUT2D eigenvalue weighted by atomic mass is 9.78. The lowest BCUT2D eigenvalue weighted by molar-refractivity contribution is 0.00578. The normalized spacial score (nSPS) is 22.9. The average molecular weight is 286 g/mol. The minimum atomic E-state index is -0.597. The van der Waals surface area contributed by atoms with Gasteiger partial charge in [0.05, 0.1) is 23.5 Å². The third-order valence-corrected chi connectivity index (χ3v) is 4.33. The molecule has 1 saturated carbocycles. The van der Waals surface area contributed by atoms with E-state index in [1.165, 1.54) is 0 Å². The largest absolute Gasteiger partial charge is 0.497 e. The second-order valence-electron chi connectivity index (χ2n) is 6.63. The Kier molecular flexibility index (Phi) is 3.23. The van der Waals surface area contributed by atoms with Crippen LogP contribution >= 0.6 is 0 Å². The maximum Gasteiger partial charge on any atom is 0.497 e. The zero-order valence-electron chi connectivity index (χ0n) is 12.8. The maximum absolute atomic E-state index is 9.26. The van der Waals surface area contributed by atoms with Crippen molar-refractivity contribution in [2.45, 2.75) is 57.8 Å². The fraction of sp³-hybridized carbons (Fsp3) is 0.600. The minimum absolute atomic E-state index is 0.283. The van der Waals surface area contributed by atoms with E-state index < -0.39 is 18.3 Å². The predicted octanol–water partition coefficient (Wildman–Crippen LogP) is 1.79. The maximum atomic E-state index is 9.26. The minimum Gasteiger partial charge on any atom is -0.489 e. The molecule has 3 rings (SSSR count). The average Bonchev–Trinajstić information content (AvgIpc) is 3.17. The number of ether oxygens (including phenoxy) is 1. The van der Waals surface area contributed by atoms with Crippen molar-refractivity contribution in [1.82, 2.24) is 4.98 Å². The molecule has 0 aromatic carbocycles. The molecule has 0 spiro atoms. The van der Waals surface area contributed by atoms with E-state index in [0.29, 0.717) is 16.9 Å². The zero-order valence-corrected chi connectivity index (χ0v) is 12.8. The van der Waals surface area contributed by atoms with Gasteiger partial charge < -0.3 is 14.0 Å². The van der Waals surface area contributed by atoms with Crippen molar-refractivity contribution in [3.63, 3.8) is 0 Å². The Bertz CT molecular complexity index is 589. The molecule has 1 aliphatic carbocycles. The molecular formula is C15H19BN2O3. The topological polar surface area (TPSA) is 64.4 Å². The Balaban J connectivity index is 1.91. The van der Waals surface area contributed by atoms with Crippen molar-refractivity contribution in [2.24, 2.45) is 0 Å². The van der Waals surface area contributed by atoms with E-state index in [1.54, 1.807) is 6.20 Å². The summed E-state index contributed by atoms with van der Waals surface area (Å²) in [5, 5.41) is 9.26. The van der Waals surface area contributed by atoms with Gasteiger partial charge in [-0.25, -0.2) is 4.98 Å². The van der Waals surface area contributed by atoms with Crippen LogP contribution in [0.15, 0.2) is 12.3 Å². The van der Waals surface area contributed by atoms with Crippen LogP contribution in [0.3, 0.4) is 0 Å². The van der Waals surface area contributed by atoms with E-state index in [9.17, 15) is 5.26 Å². The number of hydrogen-bond donors (Lipinski definition) is 0. The molecule has 1 aromatic rings. The molecule has 0 radical (unpaired) electrons. The monoisotopic (exact) mass is 286 g/mol. The van der Waals surface area contributed by atoms with Crippen molar-refractivity contribution >= 4 is 12.6 Å².